The Bertz CT molecular complexity index is 665. The third kappa shape index (κ3) is 4.70. The molecule has 1 fully saturated rings. The first kappa shape index (κ1) is 18.7. The van der Waals surface area contributed by atoms with Crippen LogP contribution in [0.15, 0.2) is 23.1 Å². The molecule has 1 aliphatic rings. The lowest BCUT2D eigenvalue weighted by Crippen LogP contribution is -2.34. The molecular weight excluding hydrogens is 328 g/mol. The van der Waals surface area contributed by atoms with Gasteiger partial charge >= 0.3 is 0 Å². The normalized spacial score (nSPS) is 16.4. The predicted molar refractivity (Wildman–Crippen MR) is 92.8 cm³/mol. The van der Waals surface area contributed by atoms with Crippen molar-refractivity contribution in [1.29, 1.82) is 0 Å². The van der Waals surface area contributed by atoms with Crippen LogP contribution in [-0.4, -0.2) is 34.0 Å². The molecule has 0 radical (unpaired) electrons. The molecule has 1 aromatic carbocycles. The molecule has 0 aliphatic heterocycles. The highest BCUT2D eigenvalue weighted by Gasteiger charge is 2.23. The maximum absolute atomic E-state index is 12.7. The summed E-state index contributed by atoms with van der Waals surface area (Å²) >= 11 is 0. The summed E-state index contributed by atoms with van der Waals surface area (Å²) < 4.78 is 33.3. The van der Waals surface area contributed by atoms with E-state index in [9.17, 15) is 13.2 Å². The van der Waals surface area contributed by atoms with E-state index in [2.05, 4.69) is 10.0 Å². The zero-order chi connectivity index (χ0) is 17.6. The standard InChI is InChI=1S/C17H26N2O4S/c1-3-18-17(20)15-12-14(10-11-16(15)23-2)24(21,22)19-13-8-6-4-5-7-9-13/h10-13,19H,3-9H2,1-2H3,(H,18,20). The number of nitrogens with one attached hydrogen (secondary N) is 2. The topological polar surface area (TPSA) is 84.5 Å². The van der Waals surface area contributed by atoms with Gasteiger partial charge in [-0.1, -0.05) is 25.7 Å². The Morgan fingerprint density at radius 3 is 2.46 bits per heavy atom. The van der Waals surface area contributed by atoms with Crippen LogP contribution in [0, 0.1) is 0 Å². The van der Waals surface area contributed by atoms with Crippen molar-refractivity contribution >= 4 is 15.9 Å². The van der Waals surface area contributed by atoms with Crippen molar-refractivity contribution < 1.29 is 17.9 Å². The maximum atomic E-state index is 12.7. The third-order valence-electron chi connectivity index (χ3n) is 4.24. The fourth-order valence-corrected chi connectivity index (χ4v) is 4.30. The number of hydrogen-bond acceptors (Lipinski definition) is 4. The zero-order valence-corrected chi connectivity index (χ0v) is 15.1. The fourth-order valence-electron chi connectivity index (χ4n) is 2.97. The lowest BCUT2D eigenvalue weighted by molar-refractivity contribution is 0.0952. The summed E-state index contributed by atoms with van der Waals surface area (Å²) in [6, 6.07) is 4.34. The van der Waals surface area contributed by atoms with Gasteiger partial charge in [-0.15, -0.1) is 0 Å². The molecule has 1 saturated carbocycles. The maximum Gasteiger partial charge on any atom is 0.255 e. The Hall–Kier alpha value is -1.60. The lowest BCUT2D eigenvalue weighted by atomic mass is 10.1. The third-order valence-corrected chi connectivity index (χ3v) is 5.76. The van der Waals surface area contributed by atoms with E-state index >= 15 is 0 Å². The van der Waals surface area contributed by atoms with Crippen LogP contribution in [0.4, 0.5) is 0 Å². The Morgan fingerprint density at radius 1 is 1.21 bits per heavy atom. The van der Waals surface area contributed by atoms with Crippen molar-refractivity contribution in [3.63, 3.8) is 0 Å². The fraction of sp³-hybridized carbons (Fsp3) is 0.588. The van der Waals surface area contributed by atoms with Gasteiger partial charge in [0.2, 0.25) is 10.0 Å². The largest absolute Gasteiger partial charge is 0.496 e. The Morgan fingerprint density at radius 2 is 1.88 bits per heavy atom. The van der Waals surface area contributed by atoms with Crippen molar-refractivity contribution in [2.45, 2.75) is 56.4 Å². The zero-order valence-electron chi connectivity index (χ0n) is 14.3. The van der Waals surface area contributed by atoms with Crippen molar-refractivity contribution in [1.82, 2.24) is 10.0 Å². The van der Waals surface area contributed by atoms with Crippen LogP contribution in [0.5, 0.6) is 5.75 Å². The monoisotopic (exact) mass is 354 g/mol. The quantitative estimate of drug-likeness (QED) is 0.769. The molecule has 0 aromatic heterocycles. The lowest BCUT2D eigenvalue weighted by Gasteiger charge is -2.17. The van der Waals surface area contributed by atoms with Gasteiger partial charge in [0.25, 0.3) is 5.91 Å². The number of carbonyl (C=O) groups is 1. The van der Waals surface area contributed by atoms with Gasteiger partial charge in [0.15, 0.2) is 0 Å². The molecule has 2 N–H and O–H groups in total. The minimum atomic E-state index is -3.66. The molecule has 1 amide bonds. The van der Waals surface area contributed by atoms with Gasteiger partial charge in [-0.25, -0.2) is 13.1 Å². The summed E-state index contributed by atoms with van der Waals surface area (Å²) in [4.78, 5) is 12.2. The minimum Gasteiger partial charge on any atom is -0.496 e. The van der Waals surface area contributed by atoms with Crippen molar-refractivity contribution in [3.05, 3.63) is 23.8 Å². The summed E-state index contributed by atoms with van der Waals surface area (Å²) in [5.74, 6) is 0.00947. The molecule has 0 unspecified atom stereocenters. The second-order valence-corrected chi connectivity index (χ2v) is 7.75. The number of hydrogen-bond donors (Lipinski definition) is 2. The molecule has 0 bridgehead atoms. The summed E-state index contributed by atoms with van der Waals surface area (Å²) in [7, 11) is -2.20. The van der Waals surface area contributed by atoms with Gasteiger partial charge < -0.3 is 10.1 Å². The molecule has 1 aromatic rings. The van der Waals surface area contributed by atoms with Gasteiger partial charge in [0.1, 0.15) is 5.75 Å². The van der Waals surface area contributed by atoms with E-state index in [4.69, 9.17) is 4.74 Å². The second kappa shape index (κ2) is 8.48. The van der Waals surface area contributed by atoms with Crippen molar-refractivity contribution in [2.24, 2.45) is 0 Å². The van der Waals surface area contributed by atoms with Crippen LogP contribution in [0.25, 0.3) is 0 Å². The Kier molecular flexibility index (Phi) is 6.62. The van der Waals surface area contributed by atoms with E-state index in [0.29, 0.717) is 12.3 Å². The first-order chi connectivity index (χ1) is 11.5. The Balaban J connectivity index is 2.25. The van der Waals surface area contributed by atoms with Crippen molar-refractivity contribution in [2.75, 3.05) is 13.7 Å². The number of ether oxygens (including phenoxy) is 1. The molecule has 0 atom stereocenters. The van der Waals surface area contributed by atoms with Gasteiger partial charge in [-0.05, 0) is 38.0 Å². The number of amides is 1. The number of methoxy groups -OCH3 is 1. The Labute approximate surface area is 144 Å². The first-order valence-electron chi connectivity index (χ1n) is 8.46. The molecule has 0 spiro atoms. The SMILES string of the molecule is CCNC(=O)c1cc(S(=O)(=O)NC2CCCCCC2)ccc1OC. The molecule has 2 rings (SSSR count). The van der Waals surface area contributed by atoms with Gasteiger partial charge in [0, 0.05) is 12.6 Å². The highest BCUT2D eigenvalue weighted by Crippen LogP contribution is 2.24. The van der Waals surface area contributed by atoms with Crippen LogP contribution in [0.1, 0.15) is 55.8 Å². The van der Waals surface area contributed by atoms with Gasteiger partial charge in [-0.3, -0.25) is 4.79 Å². The van der Waals surface area contributed by atoms with Crippen molar-refractivity contribution in [3.8, 4) is 5.75 Å². The van der Waals surface area contributed by atoms with E-state index in [-0.39, 0.29) is 22.4 Å². The van der Waals surface area contributed by atoms with E-state index in [1.165, 1.54) is 25.3 Å². The molecule has 7 heteroatoms. The van der Waals surface area contributed by atoms with E-state index in [1.54, 1.807) is 6.92 Å². The predicted octanol–water partition coefficient (Wildman–Crippen LogP) is 2.45. The van der Waals surface area contributed by atoms with Gasteiger partial charge in [-0.2, -0.15) is 0 Å². The molecule has 6 nitrogen and oxygen atoms in total. The number of sulfonamides is 1. The molecule has 24 heavy (non-hydrogen) atoms. The summed E-state index contributed by atoms with van der Waals surface area (Å²) in [6.07, 6.45) is 6.11. The average Bonchev–Trinajstić information content (AvgIpc) is 2.82. The smallest absolute Gasteiger partial charge is 0.255 e. The van der Waals surface area contributed by atoms with Crippen LogP contribution in [0.2, 0.25) is 0 Å². The van der Waals surface area contributed by atoms with E-state index in [0.717, 1.165) is 38.5 Å². The van der Waals surface area contributed by atoms with Crippen LogP contribution >= 0.6 is 0 Å². The number of rotatable bonds is 6. The second-order valence-electron chi connectivity index (χ2n) is 6.03. The molecule has 1 aliphatic carbocycles. The highest BCUT2D eigenvalue weighted by atomic mass is 32.2. The van der Waals surface area contributed by atoms with Crippen LogP contribution in [0.3, 0.4) is 0 Å². The minimum absolute atomic E-state index is 0.0347. The number of carbonyl (C=O) groups excluding carboxylic acids is 1. The van der Waals surface area contributed by atoms with Gasteiger partial charge in [0.05, 0.1) is 17.6 Å². The summed E-state index contributed by atoms with van der Waals surface area (Å²) in [5, 5.41) is 2.67. The van der Waals surface area contributed by atoms with Crippen LogP contribution in [-0.2, 0) is 10.0 Å². The summed E-state index contributed by atoms with van der Waals surface area (Å²) in [6.45, 7) is 2.26. The molecule has 0 heterocycles. The molecular formula is C17H26N2O4S. The van der Waals surface area contributed by atoms with E-state index < -0.39 is 10.0 Å². The average molecular weight is 354 g/mol. The first-order valence-corrected chi connectivity index (χ1v) is 9.95. The molecule has 134 valence electrons. The van der Waals surface area contributed by atoms with Crippen LogP contribution < -0.4 is 14.8 Å². The summed E-state index contributed by atoms with van der Waals surface area (Å²) in [5.41, 5.74) is 0.225. The highest BCUT2D eigenvalue weighted by molar-refractivity contribution is 7.89. The molecule has 0 saturated heterocycles. The van der Waals surface area contributed by atoms with E-state index in [1.807, 2.05) is 0 Å². The number of benzene rings is 1.